The molecule has 5 aliphatic rings. The molecule has 2 atom stereocenters. The highest BCUT2D eigenvalue weighted by Crippen LogP contribution is 2.39. The molecular formula is C100H106BCl2N27O11. The number of hydrogen-bond acceptors (Lipinski definition) is 26. The number of aromatic nitrogens is 22. The Hall–Kier alpha value is -14.7. The van der Waals surface area contributed by atoms with Gasteiger partial charge in [0.2, 0.25) is 0 Å². The summed E-state index contributed by atoms with van der Waals surface area (Å²) in [5.41, 5.74) is 23.1. The fourth-order valence-corrected chi connectivity index (χ4v) is 20.0. The van der Waals surface area contributed by atoms with Gasteiger partial charge in [-0.15, -0.1) is 0 Å². The monoisotopic (exact) mass is 1940 g/mol. The van der Waals surface area contributed by atoms with Crippen molar-refractivity contribution in [3.63, 3.8) is 0 Å². The number of carbonyl (C=O) groups excluding carboxylic acids is 3. The first-order valence-electron chi connectivity index (χ1n) is 46.4. The van der Waals surface area contributed by atoms with E-state index < -0.39 is 30.5 Å². The van der Waals surface area contributed by atoms with Gasteiger partial charge in [-0.3, -0.25) is 91.1 Å². The zero-order chi connectivity index (χ0) is 97.7. The van der Waals surface area contributed by atoms with E-state index in [1.54, 1.807) is 86.6 Å². The second kappa shape index (κ2) is 40.6. The molecule has 41 heteroatoms. The van der Waals surface area contributed by atoms with E-state index in [1.807, 2.05) is 148 Å². The third-order valence-corrected chi connectivity index (χ3v) is 27.7. The van der Waals surface area contributed by atoms with Gasteiger partial charge in [0, 0.05) is 111 Å². The minimum absolute atomic E-state index is 0. The van der Waals surface area contributed by atoms with E-state index in [1.165, 1.54) is 20.8 Å². The molecule has 5 aliphatic heterocycles. The zero-order valence-corrected chi connectivity index (χ0v) is 79.9. The number of aliphatic hydroxyl groups is 1. The fourth-order valence-electron chi connectivity index (χ4n) is 19.8. The van der Waals surface area contributed by atoms with E-state index in [9.17, 15) is 38.7 Å². The lowest BCUT2D eigenvalue weighted by molar-refractivity contribution is -0.149. The molecule has 15 aromatic heterocycles. The molecule has 0 aliphatic carbocycles. The molecule has 0 saturated carbocycles. The summed E-state index contributed by atoms with van der Waals surface area (Å²) >= 11 is 11.0. The highest BCUT2D eigenvalue weighted by Gasteiger charge is 2.33. The van der Waals surface area contributed by atoms with Crippen molar-refractivity contribution in [1.29, 1.82) is 0 Å². The van der Waals surface area contributed by atoms with Crippen LogP contribution in [0.3, 0.4) is 0 Å². The number of fused-ring (bicyclic) bond motifs is 16. The number of hydrogen-bond donors (Lipinski definition) is 7. The van der Waals surface area contributed by atoms with Crippen LogP contribution in [0.4, 0.5) is 0 Å². The van der Waals surface area contributed by atoms with Gasteiger partial charge in [-0.05, 0) is 213 Å². The van der Waals surface area contributed by atoms with E-state index in [0.29, 0.717) is 59.6 Å². The van der Waals surface area contributed by atoms with E-state index in [0.717, 1.165) is 227 Å². The lowest BCUT2D eigenvalue weighted by Gasteiger charge is -2.33. The van der Waals surface area contributed by atoms with Crippen molar-refractivity contribution in [3.05, 3.63) is 223 Å². The Morgan fingerprint density at radius 3 is 1.15 bits per heavy atom. The molecule has 141 heavy (non-hydrogen) atoms. The molecule has 7 N–H and O–H groups in total. The molecule has 0 unspecified atom stereocenters. The molecule has 19 aromatic rings. The molecule has 4 saturated heterocycles. The normalized spacial score (nSPS) is 15.5. The van der Waals surface area contributed by atoms with Crippen LogP contribution in [-0.4, -0.2) is 246 Å². The number of pyridine rings is 8. The van der Waals surface area contributed by atoms with Gasteiger partial charge in [-0.2, -0.15) is 15.3 Å². The quantitative estimate of drug-likeness (QED) is 0.0274. The number of piperidine rings is 4. The maximum absolute atomic E-state index is 13.4. The van der Waals surface area contributed by atoms with E-state index in [2.05, 4.69) is 101 Å². The molecule has 1 amide bonds. The lowest BCUT2D eigenvalue weighted by atomic mass is 9.76. The molecule has 24 rings (SSSR count). The Labute approximate surface area is 815 Å². The fraction of sp³-hybridized carbons (Fsp3) is 0.330. The smallest absolute Gasteiger partial charge is 0.453 e. The second-order valence-electron chi connectivity index (χ2n) is 36.0. The standard InChI is InChI=1S/C25H25N7O3.C23H23N7O.C22H21N7O.C16H18ClN5O.C8H8BNO2.C5H7ClO3.CH4/c1-14(33)24(34)31-10-8-15(9-11-31)32-23-21(30(2)25(32)35)13-26-20-7-6-18(28-22(20)23)16-4-3-5-19-17(16)12-27-29-19;1-28-10-8-14(9-11-28)30-22-20(29(2)23(30)31)13-24-19-7-6-17(26-21(19)22)15-4-3-5-18-16(15)12-25-27-18;1-28-19-12-24-18-6-5-16(14-3-2-4-17-15(14)11-25-27-17)26-20(18)21(19)29(22(28)30)13-7-9-23-10-8-13;1-20-7-5-10(6-8-20)22-15-12(21(2)16(22)23)9-18-11-3-4-13(17)19-14(11)15;11-9(12)8-3-1-2-6-4-10-5-7(6)8;1-3(5(6)8)9-4(2)7;/h3-7,12-15,33H,8-11H2,1-2H3,(H,27,29);3-7,12-14H,8-11H2,1-2H3,(H,25,27);2-6,11-13,23H,7-10H2,1H3,(H,25,27);3-4,9-10H,5-8H2,1-2H3;1-3,5,11-12H,4H2;3H,1-2H3;1H4/t14-;;;;;3-;/m0....0./s1. The molecule has 4 fully saturated rings. The SMILES string of the molecule is C.CC(=O)O[C@@H](C)C(=O)Cl.CN1CCC(n2c(=O)n(C)c3cnc4ccc(-c5cccc6[nH]ncc56)nc4c32)CC1.CN1CCC(n2c(=O)n(C)c3cnc4ccc(Cl)nc4c32)CC1.C[C@H](O)C(=O)N1CCC(n2c(=O)n(C)c3cnc4ccc(-c5cccc6[nH]ncc56)nc4c32)CC1.Cn1c(=O)n(C2CCNCC2)c2c3nc(-c4cccc5[nH]ncc45)ccc3ncc21.OB(O)c1cccc2c1C=NC2. The van der Waals surface area contributed by atoms with Crippen LogP contribution in [0.5, 0.6) is 0 Å². The highest BCUT2D eigenvalue weighted by atomic mass is 35.5. The van der Waals surface area contributed by atoms with Gasteiger partial charge < -0.3 is 39.9 Å². The van der Waals surface area contributed by atoms with Crippen LogP contribution in [0.2, 0.25) is 5.15 Å². The Bertz CT molecular complexity index is 8320. The number of likely N-dealkylation sites (tertiary alicyclic amines) is 3. The maximum Gasteiger partial charge on any atom is 0.489 e. The Kier molecular flexibility index (Phi) is 27.8. The number of benzene rings is 4. The molecule has 724 valence electrons. The van der Waals surface area contributed by atoms with Crippen LogP contribution in [0.1, 0.15) is 115 Å². The number of carbonyl (C=O) groups is 3. The molecule has 20 heterocycles. The summed E-state index contributed by atoms with van der Waals surface area (Å²) < 4.78 is 18.7. The highest BCUT2D eigenvalue weighted by molar-refractivity contribution is 6.64. The number of nitrogens with zero attached hydrogens (tertiary/aromatic N) is 23. The van der Waals surface area contributed by atoms with Crippen molar-refractivity contribution >= 4 is 180 Å². The molecule has 38 nitrogen and oxygen atoms in total. The first-order valence-corrected chi connectivity index (χ1v) is 47.2. The number of aryl methyl sites for hydroxylation is 4. The maximum atomic E-state index is 13.4. The van der Waals surface area contributed by atoms with Gasteiger partial charge >= 0.3 is 35.8 Å². The van der Waals surface area contributed by atoms with E-state index in [-0.39, 0.29) is 60.3 Å². The molecule has 0 bridgehead atoms. The van der Waals surface area contributed by atoms with Gasteiger partial charge in [-0.25, -0.2) is 39.1 Å². The summed E-state index contributed by atoms with van der Waals surface area (Å²) in [6.07, 6.45) is 19.2. The van der Waals surface area contributed by atoms with Crippen LogP contribution in [0.25, 0.3) is 155 Å². The van der Waals surface area contributed by atoms with Crippen LogP contribution in [-0.2, 0) is 53.9 Å². The minimum Gasteiger partial charge on any atom is -0.453 e. The third-order valence-electron chi connectivity index (χ3n) is 27.2. The number of amides is 1. The summed E-state index contributed by atoms with van der Waals surface area (Å²) in [4.78, 5) is 133. The lowest BCUT2D eigenvalue weighted by Crippen LogP contribution is -2.44. The molecular weight excluding hydrogens is 1840 g/mol. The Morgan fingerprint density at radius 1 is 0.454 bits per heavy atom. The first-order chi connectivity index (χ1) is 67.7. The largest absolute Gasteiger partial charge is 0.489 e. The number of ether oxygens (including phenoxy) is 1. The average molecular weight is 1940 g/mol. The van der Waals surface area contributed by atoms with Crippen molar-refractivity contribution < 1.29 is 34.3 Å². The van der Waals surface area contributed by atoms with Crippen LogP contribution in [0.15, 0.2) is 189 Å². The van der Waals surface area contributed by atoms with Crippen molar-refractivity contribution in [3.8, 4) is 33.8 Å². The van der Waals surface area contributed by atoms with E-state index >= 15 is 0 Å². The van der Waals surface area contributed by atoms with Crippen LogP contribution >= 0.6 is 23.2 Å². The van der Waals surface area contributed by atoms with E-state index in [4.69, 9.17) is 48.2 Å². The number of imidazole rings is 4. The Morgan fingerprint density at radius 2 is 0.801 bits per heavy atom. The first kappa shape index (κ1) is 96.6. The van der Waals surface area contributed by atoms with Gasteiger partial charge in [0.15, 0.2) is 6.10 Å². The van der Waals surface area contributed by atoms with Crippen molar-refractivity contribution in [2.75, 3.05) is 66.5 Å². The minimum atomic E-state index is -1.40. The number of aliphatic hydroxyl groups excluding tert-OH is 1. The molecule has 4 aromatic carbocycles. The van der Waals surface area contributed by atoms with Gasteiger partial charge in [0.25, 0.3) is 11.1 Å². The molecule has 0 radical (unpaired) electrons. The number of rotatable bonds is 11. The summed E-state index contributed by atoms with van der Waals surface area (Å²) in [7, 11) is 10.0. The van der Waals surface area contributed by atoms with Crippen molar-refractivity contribution in [1.82, 2.24) is 127 Å². The number of halogens is 2. The Balaban J connectivity index is 0.000000117. The predicted molar refractivity (Wildman–Crippen MR) is 547 cm³/mol. The van der Waals surface area contributed by atoms with Crippen LogP contribution in [0, 0.1) is 0 Å². The van der Waals surface area contributed by atoms with Gasteiger partial charge in [0.1, 0.15) is 33.3 Å². The number of aliphatic imine (C=N–C) groups is 1. The summed E-state index contributed by atoms with van der Waals surface area (Å²) in [6.45, 7) is 11.5. The van der Waals surface area contributed by atoms with Crippen molar-refractivity contribution in [2.45, 2.75) is 122 Å². The number of nitrogens with one attached hydrogen (secondary N) is 4. The second-order valence-corrected chi connectivity index (χ2v) is 36.8. The topological polar surface area (TPSA) is 452 Å². The third kappa shape index (κ3) is 18.7. The summed E-state index contributed by atoms with van der Waals surface area (Å²) in [5, 5.41) is 55.3. The predicted octanol–water partition coefficient (Wildman–Crippen LogP) is 11.1. The van der Waals surface area contributed by atoms with Crippen molar-refractivity contribution in [2.24, 2.45) is 33.2 Å². The van der Waals surface area contributed by atoms with Crippen LogP contribution < -0.4 is 33.5 Å². The zero-order valence-electron chi connectivity index (χ0n) is 78.4. The summed E-state index contributed by atoms with van der Waals surface area (Å²) in [5.74, 6) is -0.778. The average Bonchev–Trinajstić information content (AvgIpc) is 1.63. The number of esters is 1. The summed E-state index contributed by atoms with van der Waals surface area (Å²) in [6, 6.07) is 39.3. The number of H-pyrrole nitrogens is 3. The molecule has 0 spiro atoms. The van der Waals surface area contributed by atoms with Gasteiger partial charge in [-0.1, -0.05) is 73.6 Å². The number of aromatic amines is 3. The van der Waals surface area contributed by atoms with Gasteiger partial charge in [0.05, 0.1) is 150 Å².